The number of carbonyl (C=O) groups is 1. The minimum atomic E-state index is -3.45. The summed E-state index contributed by atoms with van der Waals surface area (Å²) in [7, 11) is 0.798. The van der Waals surface area contributed by atoms with Crippen molar-refractivity contribution >= 4 is 16.0 Å². The highest BCUT2D eigenvalue weighted by Gasteiger charge is 2.59. The zero-order valence-electron chi connectivity index (χ0n) is 11.8. The Bertz CT molecular complexity index is 623. The Morgan fingerprint density at radius 2 is 1.85 bits per heavy atom. The van der Waals surface area contributed by atoms with Crippen LogP contribution < -0.4 is 0 Å². The van der Waals surface area contributed by atoms with Crippen LogP contribution in [0.5, 0.6) is 0 Å². The highest BCUT2D eigenvalue weighted by atomic mass is 32.2. The van der Waals surface area contributed by atoms with Gasteiger partial charge in [-0.1, -0.05) is 12.1 Å². The van der Waals surface area contributed by atoms with Crippen LogP contribution in [-0.2, 0) is 29.9 Å². The summed E-state index contributed by atoms with van der Waals surface area (Å²) >= 11 is 0. The molecule has 0 radical (unpaired) electrons. The fourth-order valence-corrected chi connectivity index (χ4v) is 2.88. The SMILES string of the molecule is COC(=O)C1OC1(C)c1ccc(S(=O)(=O)N(C)C)cc1. The van der Waals surface area contributed by atoms with Crippen molar-refractivity contribution in [2.75, 3.05) is 21.2 Å². The third kappa shape index (κ3) is 2.32. The average Bonchev–Trinajstić information content (AvgIpc) is 3.11. The van der Waals surface area contributed by atoms with E-state index in [2.05, 4.69) is 4.74 Å². The molecular weight excluding hydrogens is 282 g/mol. The summed E-state index contributed by atoms with van der Waals surface area (Å²) in [6.45, 7) is 1.77. The van der Waals surface area contributed by atoms with E-state index in [9.17, 15) is 13.2 Å². The Morgan fingerprint density at radius 1 is 1.30 bits per heavy atom. The van der Waals surface area contributed by atoms with E-state index >= 15 is 0 Å². The molecular formula is C13H17NO5S. The van der Waals surface area contributed by atoms with Gasteiger partial charge in [-0.05, 0) is 24.6 Å². The van der Waals surface area contributed by atoms with E-state index in [4.69, 9.17) is 4.74 Å². The molecule has 1 heterocycles. The zero-order chi connectivity index (χ0) is 15.1. The van der Waals surface area contributed by atoms with Gasteiger partial charge in [0.25, 0.3) is 0 Å². The molecule has 1 aromatic carbocycles. The molecule has 0 bridgehead atoms. The van der Waals surface area contributed by atoms with E-state index < -0.39 is 27.7 Å². The van der Waals surface area contributed by atoms with Crippen LogP contribution in [0.25, 0.3) is 0 Å². The van der Waals surface area contributed by atoms with Crippen molar-refractivity contribution in [3.8, 4) is 0 Å². The Kier molecular flexibility index (Phi) is 3.62. The standard InChI is InChI=1S/C13H17NO5S/c1-13(11(19-13)12(15)18-4)9-5-7-10(8-6-9)20(16,17)14(2)3/h5-8,11H,1-4H3. The number of carbonyl (C=O) groups excluding carboxylic acids is 1. The number of ether oxygens (including phenoxy) is 2. The quantitative estimate of drug-likeness (QED) is 0.605. The van der Waals surface area contributed by atoms with Gasteiger partial charge < -0.3 is 9.47 Å². The molecule has 6 nitrogen and oxygen atoms in total. The number of nitrogens with zero attached hydrogens (tertiary/aromatic N) is 1. The van der Waals surface area contributed by atoms with Crippen molar-refractivity contribution in [1.29, 1.82) is 0 Å². The van der Waals surface area contributed by atoms with Crippen LogP contribution >= 0.6 is 0 Å². The molecule has 1 saturated heterocycles. The molecule has 7 heteroatoms. The van der Waals surface area contributed by atoms with Gasteiger partial charge in [0.2, 0.25) is 10.0 Å². The van der Waals surface area contributed by atoms with Gasteiger partial charge in [0.15, 0.2) is 6.10 Å². The van der Waals surface area contributed by atoms with Gasteiger partial charge in [-0.25, -0.2) is 17.5 Å². The summed E-state index contributed by atoms with van der Waals surface area (Å²) in [4.78, 5) is 11.6. The van der Waals surface area contributed by atoms with Crippen molar-refractivity contribution in [1.82, 2.24) is 4.31 Å². The van der Waals surface area contributed by atoms with Crippen molar-refractivity contribution in [2.45, 2.75) is 23.5 Å². The lowest BCUT2D eigenvalue weighted by Gasteiger charge is -2.12. The molecule has 1 aromatic rings. The summed E-state index contributed by atoms with van der Waals surface area (Å²) in [6.07, 6.45) is -0.635. The summed E-state index contributed by atoms with van der Waals surface area (Å²) in [6, 6.07) is 6.32. The number of epoxide rings is 1. The molecule has 0 spiro atoms. The van der Waals surface area contributed by atoms with Crippen molar-refractivity contribution in [3.05, 3.63) is 29.8 Å². The van der Waals surface area contributed by atoms with Crippen LogP contribution in [0.3, 0.4) is 0 Å². The molecule has 1 aliphatic rings. The topological polar surface area (TPSA) is 76.2 Å². The second-order valence-corrected chi connectivity index (χ2v) is 7.09. The maximum absolute atomic E-state index is 11.9. The van der Waals surface area contributed by atoms with Crippen LogP contribution in [0, 0.1) is 0 Å². The van der Waals surface area contributed by atoms with E-state index in [-0.39, 0.29) is 4.90 Å². The predicted molar refractivity (Wildman–Crippen MR) is 71.6 cm³/mol. The number of hydrogen-bond donors (Lipinski definition) is 0. The fraction of sp³-hybridized carbons (Fsp3) is 0.462. The lowest BCUT2D eigenvalue weighted by Crippen LogP contribution is -2.22. The van der Waals surface area contributed by atoms with Gasteiger partial charge in [0.05, 0.1) is 12.0 Å². The second-order valence-electron chi connectivity index (χ2n) is 4.94. The zero-order valence-corrected chi connectivity index (χ0v) is 12.6. The van der Waals surface area contributed by atoms with Crippen LogP contribution in [0.15, 0.2) is 29.2 Å². The molecule has 0 N–H and O–H groups in total. The number of sulfonamides is 1. The summed E-state index contributed by atoms with van der Waals surface area (Å²) in [5.74, 6) is -0.433. The summed E-state index contributed by atoms with van der Waals surface area (Å²) in [5, 5.41) is 0. The van der Waals surface area contributed by atoms with E-state index in [1.807, 2.05) is 0 Å². The van der Waals surface area contributed by atoms with Crippen molar-refractivity contribution in [3.63, 3.8) is 0 Å². The third-order valence-electron chi connectivity index (χ3n) is 3.43. The molecule has 0 amide bonds. The normalized spacial score (nSPS) is 25.6. The minimum absolute atomic E-state index is 0.199. The van der Waals surface area contributed by atoms with Gasteiger partial charge >= 0.3 is 5.97 Å². The molecule has 20 heavy (non-hydrogen) atoms. The maximum Gasteiger partial charge on any atom is 0.338 e. The maximum atomic E-state index is 11.9. The minimum Gasteiger partial charge on any atom is -0.467 e. The van der Waals surface area contributed by atoms with Crippen LogP contribution in [-0.4, -0.2) is 46.0 Å². The number of rotatable bonds is 4. The van der Waals surface area contributed by atoms with Gasteiger partial charge in [-0.2, -0.15) is 0 Å². The largest absolute Gasteiger partial charge is 0.467 e. The van der Waals surface area contributed by atoms with E-state index in [1.165, 1.54) is 33.3 Å². The smallest absolute Gasteiger partial charge is 0.338 e. The Hall–Kier alpha value is -1.44. The predicted octanol–water partition coefficient (Wildman–Crippen LogP) is 0.724. The first-order valence-electron chi connectivity index (χ1n) is 6.02. The molecule has 2 unspecified atom stereocenters. The Labute approximate surface area is 118 Å². The van der Waals surface area contributed by atoms with E-state index in [0.29, 0.717) is 0 Å². The molecule has 1 fully saturated rings. The lowest BCUT2D eigenvalue weighted by atomic mass is 9.97. The molecule has 0 aromatic heterocycles. The molecule has 2 rings (SSSR count). The summed E-state index contributed by atoms with van der Waals surface area (Å²) < 4.78 is 35.1. The second kappa shape index (κ2) is 4.83. The van der Waals surface area contributed by atoms with E-state index in [0.717, 1.165) is 9.87 Å². The lowest BCUT2D eigenvalue weighted by molar-refractivity contribution is -0.142. The molecule has 1 aliphatic heterocycles. The molecule has 0 saturated carbocycles. The van der Waals surface area contributed by atoms with Gasteiger partial charge in [0, 0.05) is 14.1 Å². The molecule has 0 aliphatic carbocycles. The molecule has 2 atom stereocenters. The monoisotopic (exact) mass is 299 g/mol. The van der Waals surface area contributed by atoms with Crippen molar-refractivity contribution in [2.24, 2.45) is 0 Å². The molecule has 110 valence electrons. The first-order valence-corrected chi connectivity index (χ1v) is 7.46. The van der Waals surface area contributed by atoms with Gasteiger partial charge in [0.1, 0.15) is 5.60 Å². The number of esters is 1. The number of benzene rings is 1. The highest BCUT2D eigenvalue weighted by Crippen LogP contribution is 2.46. The highest BCUT2D eigenvalue weighted by molar-refractivity contribution is 7.89. The Balaban J connectivity index is 2.25. The van der Waals surface area contributed by atoms with Crippen LogP contribution in [0.2, 0.25) is 0 Å². The van der Waals surface area contributed by atoms with Gasteiger partial charge in [-0.3, -0.25) is 0 Å². The number of methoxy groups -OCH3 is 1. The van der Waals surface area contributed by atoms with Crippen LogP contribution in [0.4, 0.5) is 0 Å². The van der Waals surface area contributed by atoms with Gasteiger partial charge in [-0.15, -0.1) is 0 Å². The Morgan fingerprint density at radius 3 is 2.30 bits per heavy atom. The third-order valence-corrected chi connectivity index (χ3v) is 5.26. The first-order chi connectivity index (χ1) is 9.23. The van der Waals surface area contributed by atoms with Crippen molar-refractivity contribution < 1.29 is 22.7 Å². The van der Waals surface area contributed by atoms with Crippen LogP contribution in [0.1, 0.15) is 12.5 Å². The summed E-state index contributed by atoms with van der Waals surface area (Å²) in [5.41, 5.74) is -0.00126. The fourth-order valence-electron chi connectivity index (χ4n) is 1.98. The average molecular weight is 299 g/mol. The van der Waals surface area contributed by atoms with E-state index in [1.54, 1.807) is 19.1 Å². The first kappa shape index (κ1) is 15.0. The number of hydrogen-bond acceptors (Lipinski definition) is 5.